The van der Waals surface area contributed by atoms with Crippen LogP contribution < -0.4 is 49.1 Å². The van der Waals surface area contributed by atoms with Gasteiger partial charge in [-0.2, -0.15) is 11.8 Å². The number of H-pyrrole nitrogens is 2. The van der Waals surface area contributed by atoms with Crippen molar-refractivity contribution in [1.82, 2.24) is 46.9 Å². The molecule has 0 bridgehead atoms. The molecule has 0 aliphatic heterocycles. The van der Waals surface area contributed by atoms with E-state index in [1.54, 1.807) is 36.5 Å². The third-order valence-corrected chi connectivity index (χ3v) is 11.9. The molecule has 6 unspecified atom stereocenters. The number of carbonyl (C=O) groups excluding carboxylic acids is 6. The van der Waals surface area contributed by atoms with E-state index >= 15 is 0 Å². The summed E-state index contributed by atoms with van der Waals surface area (Å²) in [5, 5.41) is 35.0. The van der Waals surface area contributed by atoms with E-state index in [2.05, 4.69) is 74.4 Å². The Kier molecular flexibility index (Phi) is 22.2. The first kappa shape index (κ1) is 54.9. The number of benzene rings is 2. The fraction of sp³-hybridized carbons (Fsp3) is 0.409. The second kappa shape index (κ2) is 27.9. The van der Waals surface area contributed by atoms with Crippen LogP contribution in [-0.4, -0.2) is 140 Å². The molecule has 0 saturated heterocycles. The Morgan fingerprint density at radius 1 is 0.725 bits per heavy atom. The average Bonchev–Trinajstić information content (AvgIpc) is 3.99. The molecule has 6 amide bonds. The third kappa shape index (κ3) is 18.7. The van der Waals surface area contributed by atoms with Crippen molar-refractivity contribution in [3.8, 4) is 0 Å². The van der Waals surface area contributed by atoms with Crippen LogP contribution in [0.3, 0.4) is 0 Å². The van der Waals surface area contributed by atoms with Gasteiger partial charge in [0, 0.05) is 64.8 Å². The van der Waals surface area contributed by atoms with Crippen LogP contribution in [-0.2, 0) is 57.6 Å². The van der Waals surface area contributed by atoms with Gasteiger partial charge in [0.25, 0.3) is 0 Å². The summed E-state index contributed by atoms with van der Waals surface area (Å²) in [6.45, 7) is -0.682. The highest BCUT2D eigenvalue weighted by Gasteiger charge is 2.34. The lowest BCUT2D eigenvalue weighted by molar-refractivity contribution is -0.139. The van der Waals surface area contributed by atoms with Gasteiger partial charge in [0.15, 0.2) is 5.96 Å². The summed E-state index contributed by atoms with van der Waals surface area (Å²) in [6.07, 6.45) is 5.39. The molecule has 25 heteroatoms. The molecule has 6 atom stereocenters. The third-order valence-electron chi connectivity index (χ3n) is 10.6. The number of amides is 6. The number of nitrogens with one attached hydrogen (secondary N) is 8. The van der Waals surface area contributed by atoms with Crippen LogP contribution in [0.5, 0.6) is 0 Å². The van der Waals surface area contributed by atoms with Crippen LogP contribution in [0.25, 0.3) is 10.9 Å². The van der Waals surface area contributed by atoms with Crippen LogP contribution >= 0.6 is 34.4 Å². The van der Waals surface area contributed by atoms with Crippen LogP contribution in [0.15, 0.2) is 72.2 Å². The molecule has 4 rings (SSSR count). The summed E-state index contributed by atoms with van der Waals surface area (Å²) in [7, 11) is 0. The lowest BCUT2D eigenvalue weighted by Crippen LogP contribution is -2.60. The van der Waals surface area contributed by atoms with Gasteiger partial charge in [0.05, 0.1) is 12.4 Å². The van der Waals surface area contributed by atoms with Gasteiger partial charge < -0.3 is 69.3 Å². The zero-order valence-corrected chi connectivity index (χ0v) is 40.6. The Bertz CT molecular complexity index is 2410. The highest BCUT2D eigenvalue weighted by atomic mass is 127. The minimum atomic E-state index is -1.44. The maximum absolute atomic E-state index is 14.5. The van der Waals surface area contributed by atoms with Crippen molar-refractivity contribution in [3.05, 3.63) is 87.6 Å². The number of aliphatic imine (C=N–C) groups is 1. The van der Waals surface area contributed by atoms with Gasteiger partial charge in [-0.05, 0) is 89.6 Å². The lowest BCUT2D eigenvalue weighted by atomic mass is 10.0. The monoisotopic (exact) mass is 1090 g/mol. The van der Waals surface area contributed by atoms with Crippen molar-refractivity contribution >= 4 is 98.6 Å². The summed E-state index contributed by atoms with van der Waals surface area (Å²) in [5.74, 6) is -7.15. The number of guanidine groups is 1. The van der Waals surface area contributed by atoms with Crippen molar-refractivity contribution < 1.29 is 48.6 Å². The molecule has 69 heavy (non-hydrogen) atoms. The number of halogens is 1. The molecule has 0 saturated carbocycles. The van der Waals surface area contributed by atoms with Crippen LogP contribution in [0.1, 0.15) is 48.9 Å². The number of nitrogens with zero attached hydrogens (tertiary/aromatic N) is 2. The maximum atomic E-state index is 14.5. The first-order valence-electron chi connectivity index (χ1n) is 21.7. The van der Waals surface area contributed by atoms with E-state index in [0.717, 1.165) is 14.5 Å². The minimum absolute atomic E-state index is 0.0509. The van der Waals surface area contributed by atoms with E-state index < -0.39 is 96.6 Å². The molecule has 4 aromatic rings. The van der Waals surface area contributed by atoms with E-state index in [4.69, 9.17) is 17.2 Å². The first-order chi connectivity index (χ1) is 32.9. The molecule has 2 heterocycles. The zero-order chi connectivity index (χ0) is 50.5. The molecule has 16 N–H and O–H groups in total. The Morgan fingerprint density at radius 3 is 1.93 bits per heavy atom. The predicted molar refractivity (Wildman–Crippen MR) is 265 cm³/mol. The van der Waals surface area contributed by atoms with Crippen molar-refractivity contribution in [2.45, 2.75) is 87.6 Å². The largest absolute Gasteiger partial charge is 0.481 e. The van der Waals surface area contributed by atoms with Crippen molar-refractivity contribution in [1.29, 1.82) is 0 Å². The molecular formula is C44H58IN13O10S. The van der Waals surface area contributed by atoms with Gasteiger partial charge in [-0.1, -0.05) is 30.3 Å². The number of carbonyl (C=O) groups is 8. The van der Waals surface area contributed by atoms with E-state index in [1.807, 2.05) is 24.5 Å². The molecule has 0 fully saturated rings. The van der Waals surface area contributed by atoms with Gasteiger partial charge in [-0.15, -0.1) is 0 Å². The van der Waals surface area contributed by atoms with Gasteiger partial charge in [0.2, 0.25) is 35.4 Å². The van der Waals surface area contributed by atoms with Crippen LogP contribution in [0.2, 0.25) is 0 Å². The zero-order valence-electron chi connectivity index (χ0n) is 37.7. The van der Waals surface area contributed by atoms with Gasteiger partial charge in [-0.25, -0.2) is 4.98 Å². The van der Waals surface area contributed by atoms with Crippen molar-refractivity contribution in [2.24, 2.45) is 22.2 Å². The molecule has 0 aliphatic rings. The second-order valence-electron chi connectivity index (χ2n) is 15.9. The Labute approximate surface area is 414 Å². The number of rotatable bonds is 29. The van der Waals surface area contributed by atoms with E-state index in [0.29, 0.717) is 22.6 Å². The number of hydrogen-bond acceptors (Lipinski definition) is 12. The van der Waals surface area contributed by atoms with Crippen molar-refractivity contribution in [2.75, 3.05) is 25.1 Å². The lowest BCUT2D eigenvalue weighted by Gasteiger charge is -2.27. The molecule has 2 aromatic heterocycles. The highest BCUT2D eigenvalue weighted by Crippen LogP contribution is 2.20. The fourth-order valence-corrected chi connectivity index (χ4v) is 7.81. The number of nitrogens with two attached hydrogens (primary N) is 3. The number of carboxylic acids is 2. The predicted octanol–water partition coefficient (Wildman–Crippen LogP) is -0.853. The number of thioether (sulfide) groups is 1. The normalized spacial score (nSPS) is 13.6. The topological polar surface area (TPSA) is 384 Å². The summed E-state index contributed by atoms with van der Waals surface area (Å²) in [4.78, 5) is 121. The second-order valence-corrected chi connectivity index (χ2v) is 18.1. The smallest absolute Gasteiger partial charge is 0.322 e. The standard InChI is InChI=1S/C44H58IN13O10S/c1-69-16-14-29(46)38(63)54-32(12-13-36(59)60)41(66)58-35(19-27-21-49-23-53-27)43(68)56-33(17-24-8-10-26(45)11-9-24)42(67)55-31(7-4-15-50-44(47)48)40(65)57-34(39(64)52-22-37(61)62)18-25-20-51-30-6-3-2-5-28(25)30/h2-3,5-6,8-11,20-21,23,29,31-35,51H,4,7,12-19,22,46H2,1H3,(H,49,53)(H,52,64)(H,54,63)(H,55,67)(H,56,68)(H,57,65)(H,58,66)(H,59,60)(H,61,62)(H4,47,48,50). The number of aliphatic carboxylic acids is 2. The van der Waals surface area contributed by atoms with Crippen LogP contribution in [0, 0.1) is 3.57 Å². The molecular weight excluding hydrogens is 1030 g/mol. The quantitative estimate of drug-likeness (QED) is 0.0136. The number of aromatic amines is 2. The van der Waals surface area contributed by atoms with E-state index in [9.17, 15) is 48.6 Å². The Balaban J connectivity index is 1.66. The molecule has 0 spiro atoms. The summed E-state index contributed by atoms with van der Waals surface area (Å²) in [6, 6.07) is 6.34. The molecule has 0 aliphatic carbocycles. The summed E-state index contributed by atoms with van der Waals surface area (Å²) >= 11 is 3.57. The number of fused-ring (bicyclic) bond motifs is 1. The Morgan fingerprint density at radius 2 is 1.32 bits per heavy atom. The first-order valence-corrected chi connectivity index (χ1v) is 24.2. The number of carboxylic acid groups (broad SMARTS) is 2. The Hall–Kier alpha value is -6.74. The van der Waals surface area contributed by atoms with E-state index in [1.165, 1.54) is 24.3 Å². The molecule has 372 valence electrons. The van der Waals surface area contributed by atoms with Crippen LogP contribution in [0.4, 0.5) is 0 Å². The average molecular weight is 1090 g/mol. The SMILES string of the molecule is CSCCC(N)C(=O)NC(CCC(=O)O)C(=O)NC(Cc1cnc[nH]1)C(=O)NC(Cc1ccc(I)cc1)C(=O)NC(CCCN=C(N)N)C(=O)NC(Cc1c[nH]c2ccccc12)C(=O)NCC(=O)O. The van der Waals surface area contributed by atoms with Crippen molar-refractivity contribution in [3.63, 3.8) is 0 Å². The van der Waals surface area contributed by atoms with E-state index in [-0.39, 0.29) is 57.5 Å². The summed E-state index contributed by atoms with van der Waals surface area (Å²) < 4.78 is 0.880. The van der Waals surface area contributed by atoms with Gasteiger partial charge >= 0.3 is 11.9 Å². The molecule has 23 nitrogen and oxygen atoms in total. The summed E-state index contributed by atoms with van der Waals surface area (Å²) in [5.41, 5.74) is 19.5. The maximum Gasteiger partial charge on any atom is 0.322 e. The number of aromatic nitrogens is 3. The highest BCUT2D eigenvalue weighted by molar-refractivity contribution is 14.1. The van der Waals surface area contributed by atoms with Gasteiger partial charge in [0.1, 0.15) is 36.8 Å². The number of para-hydroxylation sites is 1. The number of hydrogen-bond donors (Lipinski definition) is 13. The minimum Gasteiger partial charge on any atom is -0.481 e. The fourth-order valence-electron chi connectivity index (χ4n) is 6.96. The molecule has 0 radical (unpaired) electrons. The molecule has 2 aromatic carbocycles. The number of imidazole rings is 1. The van der Waals surface area contributed by atoms with Gasteiger partial charge in [-0.3, -0.25) is 43.3 Å².